The predicted molar refractivity (Wildman–Crippen MR) is 83.7 cm³/mol. The summed E-state index contributed by atoms with van der Waals surface area (Å²) in [5.41, 5.74) is 3.52. The van der Waals surface area contributed by atoms with Crippen molar-refractivity contribution in [1.29, 1.82) is 0 Å². The van der Waals surface area contributed by atoms with Crippen LogP contribution in [0.4, 0.5) is 17.1 Å². The Labute approximate surface area is 123 Å². The number of nitro groups is 1. The summed E-state index contributed by atoms with van der Waals surface area (Å²) in [5.74, 6) is 0. The summed E-state index contributed by atoms with van der Waals surface area (Å²) in [6, 6.07) is 15.4. The summed E-state index contributed by atoms with van der Waals surface area (Å²) in [5, 5.41) is 14.1. The third kappa shape index (κ3) is 2.67. The van der Waals surface area contributed by atoms with Gasteiger partial charge in [0.25, 0.3) is 5.69 Å². The number of nitrogens with zero attached hydrogens (tertiary/aromatic N) is 2. The molecule has 1 heterocycles. The van der Waals surface area contributed by atoms with Gasteiger partial charge >= 0.3 is 0 Å². The molecular formula is C16H17N3O2. The molecule has 21 heavy (non-hydrogen) atoms. The lowest BCUT2D eigenvalue weighted by Gasteiger charge is -2.37. The van der Waals surface area contributed by atoms with E-state index in [1.54, 1.807) is 12.1 Å². The number of hydrogen-bond donors (Lipinski definition) is 1. The fourth-order valence-electron chi connectivity index (χ4n) is 2.64. The molecule has 1 unspecified atom stereocenters. The smallest absolute Gasteiger partial charge is 0.269 e. The molecule has 0 amide bonds. The van der Waals surface area contributed by atoms with Gasteiger partial charge in [0.2, 0.25) is 0 Å². The number of rotatable bonds is 3. The highest BCUT2D eigenvalue weighted by Gasteiger charge is 2.22. The maximum atomic E-state index is 10.7. The molecule has 2 aromatic rings. The highest BCUT2D eigenvalue weighted by atomic mass is 16.6. The monoisotopic (exact) mass is 283 g/mol. The van der Waals surface area contributed by atoms with Crippen LogP contribution in [0.25, 0.3) is 0 Å². The van der Waals surface area contributed by atoms with Gasteiger partial charge in [0.1, 0.15) is 0 Å². The first kappa shape index (κ1) is 13.4. The van der Waals surface area contributed by atoms with Crippen LogP contribution >= 0.6 is 0 Å². The van der Waals surface area contributed by atoms with Crippen molar-refractivity contribution in [2.75, 3.05) is 16.8 Å². The van der Waals surface area contributed by atoms with E-state index in [0.717, 1.165) is 24.3 Å². The Morgan fingerprint density at radius 3 is 2.67 bits per heavy atom. The van der Waals surface area contributed by atoms with Gasteiger partial charge in [-0.2, -0.15) is 0 Å². The van der Waals surface area contributed by atoms with E-state index in [-0.39, 0.29) is 10.6 Å². The Balaban J connectivity index is 1.85. The van der Waals surface area contributed by atoms with Crippen LogP contribution in [0.5, 0.6) is 0 Å². The van der Waals surface area contributed by atoms with E-state index in [2.05, 4.69) is 29.3 Å². The van der Waals surface area contributed by atoms with E-state index in [1.807, 2.05) is 24.3 Å². The first-order valence-electron chi connectivity index (χ1n) is 6.98. The van der Waals surface area contributed by atoms with Crippen molar-refractivity contribution >= 4 is 17.1 Å². The van der Waals surface area contributed by atoms with Gasteiger partial charge in [0.15, 0.2) is 0 Å². The molecule has 2 aromatic carbocycles. The zero-order valence-electron chi connectivity index (χ0n) is 11.8. The highest BCUT2D eigenvalue weighted by Crippen LogP contribution is 2.32. The van der Waals surface area contributed by atoms with Crippen LogP contribution < -0.4 is 10.2 Å². The van der Waals surface area contributed by atoms with Crippen molar-refractivity contribution < 1.29 is 4.92 Å². The molecule has 0 radical (unpaired) electrons. The van der Waals surface area contributed by atoms with Crippen molar-refractivity contribution in [2.24, 2.45) is 0 Å². The summed E-state index contributed by atoms with van der Waals surface area (Å²) < 4.78 is 0. The van der Waals surface area contributed by atoms with E-state index >= 15 is 0 Å². The number of fused-ring (bicyclic) bond motifs is 1. The summed E-state index contributed by atoms with van der Waals surface area (Å²) >= 11 is 0. The molecule has 0 spiro atoms. The number of nitro benzene ring substituents is 1. The third-order valence-corrected chi connectivity index (χ3v) is 3.83. The average molecular weight is 283 g/mol. The molecule has 0 aliphatic carbocycles. The van der Waals surface area contributed by atoms with Crippen molar-refractivity contribution in [3.8, 4) is 0 Å². The maximum Gasteiger partial charge on any atom is 0.269 e. The normalized spacial score (nSPS) is 17.0. The second kappa shape index (κ2) is 5.44. The molecule has 0 aromatic heterocycles. The molecule has 1 aliphatic rings. The third-order valence-electron chi connectivity index (χ3n) is 3.83. The molecule has 1 N–H and O–H groups in total. The van der Waals surface area contributed by atoms with E-state index < -0.39 is 0 Å². The topological polar surface area (TPSA) is 58.4 Å². The Morgan fingerprint density at radius 2 is 1.95 bits per heavy atom. The fourth-order valence-corrected chi connectivity index (χ4v) is 2.64. The van der Waals surface area contributed by atoms with Gasteiger partial charge < -0.3 is 10.2 Å². The molecule has 0 saturated heterocycles. The molecule has 0 saturated carbocycles. The molecular weight excluding hydrogens is 266 g/mol. The fraction of sp³-hybridized carbons (Fsp3) is 0.250. The first-order valence-corrected chi connectivity index (χ1v) is 6.98. The number of non-ortho nitro benzene ring substituents is 1. The van der Waals surface area contributed by atoms with Crippen molar-refractivity contribution in [3.05, 3.63) is 64.2 Å². The predicted octanol–water partition coefficient (Wildman–Crippen LogP) is 3.42. The summed E-state index contributed by atoms with van der Waals surface area (Å²) in [6.45, 7) is 3.82. The second-order valence-electron chi connectivity index (χ2n) is 5.30. The van der Waals surface area contributed by atoms with Crippen molar-refractivity contribution in [1.82, 2.24) is 0 Å². The number of para-hydroxylation sites is 2. The van der Waals surface area contributed by atoms with E-state index in [4.69, 9.17) is 0 Å². The Bertz CT molecular complexity index is 655. The largest absolute Gasteiger partial charge is 0.381 e. The minimum atomic E-state index is -0.369. The minimum absolute atomic E-state index is 0.132. The summed E-state index contributed by atoms with van der Waals surface area (Å²) in [6.07, 6.45) is 0. The maximum absolute atomic E-state index is 10.7. The van der Waals surface area contributed by atoms with Gasteiger partial charge in [-0.3, -0.25) is 10.1 Å². The molecule has 108 valence electrons. The van der Waals surface area contributed by atoms with Gasteiger partial charge in [-0.25, -0.2) is 0 Å². The van der Waals surface area contributed by atoms with Crippen LogP contribution in [-0.4, -0.2) is 17.5 Å². The first-order chi connectivity index (χ1) is 10.1. The molecule has 1 atom stereocenters. The molecule has 5 heteroatoms. The quantitative estimate of drug-likeness (QED) is 0.692. The van der Waals surface area contributed by atoms with Crippen LogP contribution in [0.2, 0.25) is 0 Å². The van der Waals surface area contributed by atoms with Crippen molar-refractivity contribution in [3.63, 3.8) is 0 Å². The van der Waals surface area contributed by atoms with Crippen LogP contribution in [0.3, 0.4) is 0 Å². The van der Waals surface area contributed by atoms with Crippen LogP contribution in [0, 0.1) is 10.1 Å². The Kier molecular flexibility index (Phi) is 3.48. The van der Waals surface area contributed by atoms with E-state index in [0.29, 0.717) is 6.04 Å². The number of hydrogen-bond acceptors (Lipinski definition) is 4. The van der Waals surface area contributed by atoms with Crippen LogP contribution in [0.15, 0.2) is 48.5 Å². The summed E-state index contributed by atoms with van der Waals surface area (Å²) in [7, 11) is 0. The standard InChI is InChI=1S/C16H17N3O2/c1-12-10-17-15-4-2-3-5-16(15)18(12)11-13-6-8-14(9-7-13)19(20)21/h2-9,12,17H,10-11H2,1H3. The van der Waals surface area contributed by atoms with Gasteiger partial charge in [-0.15, -0.1) is 0 Å². The number of benzene rings is 2. The second-order valence-corrected chi connectivity index (χ2v) is 5.30. The number of nitrogens with one attached hydrogen (secondary N) is 1. The lowest BCUT2D eigenvalue weighted by Crippen LogP contribution is -2.41. The molecule has 3 rings (SSSR count). The average Bonchev–Trinajstić information content (AvgIpc) is 2.51. The van der Waals surface area contributed by atoms with Crippen LogP contribution in [-0.2, 0) is 6.54 Å². The van der Waals surface area contributed by atoms with Gasteiger partial charge in [0.05, 0.1) is 16.3 Å². The Morgan fingerprint density at radius 1 is 1.24 bits per heavy atom. The zero-order chi connectivity index (χ0) is 14.8. The van der Waals surface area contributed by atoms with Crippen LogP contribution in [0.1, 0.15) is 12.5 Å². The molecule has 0 fully saturated rings. The SMILES string of the molecule is CC1CNc2ccccc2N1Cc1ccc([N+](=O)[O-])cc1. The van der Waals surface area contributed by atoms with E-state index in [1.165, 1.54) is 5.69 Å². The summed E-state index contributed by atoms with van der Waals surface area (Å²) in [4.78, 5) is 12.7. The van der Waals surface area contributed by atoms with Crippen molar-refractivity contribution in [2.45, 2.75) is 19.5 Å². The molecule has 0 bridgehead atoms. The van der Waals surface area contributed by atoms with Gasteiger partial charge in [-0.05, 0) is 24.6 Å². The van der Waals surface area contributed by atoms with E-state index in [9.17, 15) is 10.1 Å². The van der Waals surface area contributed by atoms with Gasteiger partial charge in [-0.1, -0.05) is 24.3 Å². The van der Waals surface area contributed by atoms with Gasteiger partial charge in [0, 0.05) is 31.3 Å². The highest BCUT2D eigenvalue weighted by molar-refractivity contribution is 5.72. The lowest BCUT2D eigenvalue weighted by molar-refractivity contribution is -0.384. The number of anilines is 2. The zero-order valence-corrected chi connectivity index (χ0v) is 11.8. The molecule has 5 nitrogen and oxygen atoms in total. The molecule has 1 aliphatic heterocycles. The Hall–Kier alpha value is -2.56. The lowest BCUT2D eigenvalue weighted by atomic mass is 10.1. The minimum Gasteiger partial charge on any atom is -0.381 e.